The number of aromatic amines is 1. The molecule has 1 aliphatic heterocycles. The van der Waals surface area contributed by atoms with Gasteiger partial charge in [0.15, 0.2) is 0 Å². The molecule has 0 unspecified atom stereocenters. The number of pyridine rings is 1. The average Bonchev–Trinajstić information content (AvgIpc) is 2.37. The van der Waals surface area contributed by atoms with Crippen LogP contribution in [0.4, 0.5) is 13.2 Å². The fourth-order valence-corrected chi connectivity index (χ4v) is 2.08. The molecule has 2 rings (SSSR count). The van der Waals surface area contributed by atoms with Gasteiger partial charge in [-0.2, -0.15) is 13.2 Å². The first-order valence-electron chi connectivity index (χ1n) is 6.06. The molecule has 0 atom stereocenters. The maximum atomic E-state index is 12.8. The van der Waals surface area contributed by atoms with E-state index < -0.39 is 17.3 Å². The second-order valence-electron chi connectivity index (χ2n) is 4.44. The van der Waals surface area contributed by atoms with Crippen molar-refractivity contribution in [3.63, 3.8) is 0 Å². The number of ether oxygens (including phenoxy) is 1. The molecule has 0 spiro atoms. The van der Waals surface area contributed by atoms with Crippen LogP contribution in [0, 0.1) is 0 Å². The van der Waals surface area contributed by atoms with E-state index in [4.69, 9.17) is 4.74 Å². The molecule has 2 heterocycles. The molecule has 4 nitrogen and oxygen atoms in total. The largest absolute Gasteiger partial charge is 0.416 e. The number of nitrogens with one attached hydrogen (secondary N) is 1. The lowest BCUT2D eigenvalue weighted by Gasteiger charge is -2.26. The number of nitrogens with zero attached hydrogens (tertiary/aromatic N) is 1. The zero-order valence-electron chi connectivity index (χ0n) is 10.3. The summed E-state index contributed by atoms with van der Waals surface area (Å²) >= 11 is 0. The molecule has 106 valence electrons. The van der Waals surface area contributed by atoms with E-state index in [9.17, 15) is 18.0 Å². The van der Waals surface area contributed by atoms with Gasteiger partial charge in [-0.25, -0.2) is 0 Å². The minimum Gasteiger partial charge on any atom is -0.379 e. The molecule has 0 bridgehead atoms. The molecule has 1 fully saturated rings. The summed E-state index contributed by atoms with van der Waals surface area (Å²) in [5.74, 6) is 0. The van der Waals surface area contributed by atoms with E-state index in [1.54, 1.807) is 0 Å². The minimum absolute atomic E-state index is 0.124. The minimum atomic E-state index is -4.49. The van der Waals surface area contributed by atoms with Gasteiger partial charge in [-0.05, 0) is 12.0 Å². The van der Waals surface area contributed by atoms with Crippen molar-refractivity contribution in [3.05, 3.63) is 33.7 Å². The normalized spacial score (nSPS) is 17.6. The van der Waals surface area contributed by atoms with Crippen LogP contribution in [0.15, 0.2) is 17.1 Å². The predicted octanol–water partition coefficient (Wildman–Crippen LogP) is 1.27. The Kier molecular flexibility index (Phi) is 4.26. The highest BCUT2D eigenvalue weighted by molar-refractivity contribution is 5.26. The molecular formula is C12H15F3N2O2. The van der Waals surface area contributed by atoms with Crippen molar-refractivity contribution in [3.8, 4) is 0 Å². The summed E-state index contributed by atoms with van der Waals surface area (Å²) < 4.78 is 43.6. The summed E-state index contributed by atoms with van der Waals surface area (Å²) in [6, 6.07) is 0.620. The topological polar surface area (TPSA) is 45.3 Å². The zero-order valence-corrected chi connectivity index (χ0v) is 10.3. The number of alkyl halides is 3. The fourth-order valence-electron chi connectivity index (χ4n) is 2.08. The molecule has 1 saturated heterocycles. The number of morpholine rings is 1. The summed E-state index contributed by atoms with van der Waals surface area (Å²) in [7, 11) is 0. The molecule has 7 heteroatoms. The van der Waals surface area contributed by atoms with E-state index in [2.05, 4.69) is 9.88 Å². The molecule has 0 amide bonds. The molecule has 0 radical (unpaired) electrons. The number of hydrogen-bond donors (Lipinski definition) is 1. The third-order valence-corrected chi connectivity index (χ3v) is 3.12. The Morgan fingerprint density at radius 2 is 2.00 bits per heavy atom. The van der Waals surface area contributed by atoms with Crippen LogP contribution >= 0.6 is 0 Å². The van der Waals surface area contributed by atoms with Gasteiger partial charge in [0, 0.05) is 31.9 Å². The standard InChI is InChI=1S/C12H15F3N2O2/c13-12(14,15)10-7-11(18)16-8-9(10)1-2-17-3-5-19-6-4-17/h7-8H,1-6H2,(H,16,18). The molecular weight excluding hydrogens is 261 g/mol. The molecule has 0 aliphatic carbocycles. The van der Waals surface area contributed by atoms with Crippen LogP contribution < -0.4 is 5.56 Å². The van der Waals surface area contributed by atoms with E-state index >= 15 is 0 Å². The van der Waals surface area contributed by atoms with Gasteiger partial charge in [-0.3, -0.25) is 9.69 Å². The van der Waals surface area contributed by atoms with Gasteiger partial charge < -0.3 is 9.72 Å². The van der Waals surface area contributed by atoms with Gasteiger partial charge in [0.05, 0.1) is 18.8 Å². The first-order chi connectivity index (χ1) is 8.97. The van der Waals surface area contributed by atoms with E-state index in [0.717, 1.165) is 19.3 Å². The van der Waals surface area contributed by atoms with Crippen LogP contribution in [0.2, 0.25) is 0 Å². The highest BCUT2D eigenvalue weighted by Gasteiger charge is 2.33. The Hall–Kier alpha value is -1.34. The molecule has 1 N–H and O–H groups in total. The van der Waals surface area contributed by atoms with Gasteiger partial charge in [0.1, 0.15) is 0 Å². The van der Waals surface area contributed by atoms with Gasteiger partial charge in [0.2, 0.25) is 5.56 Å². The van der Waals surface area contributed by atoms with Crippen molar-refractivity contribution >= 4 is 0 Å². The van der Waals surface area contributed by atoms with Crippen molar-refractivity contribution in [1.82, 2.24) is 9.88 Å². The third kappa shape index (κ3) is 3.81. The zero-order chi connectivity index (χ0) is 13.9. The molecule has 1 aromatic rings. The summed E-state index contributed by atoms with van der Waals surface area (Å²) in [4.78, 5) is 15.4. The number of hydrogen-bond acceptors (Lipinski definition) is 3. The number of rotatable bonds is 3. The van der Waals surface area contributed by atoms with Crippen LogP contribution in [0.3, 0.4) is 0 Å². The Bertz CT molecular complexity index is 479. The second-order valence-corrected chi connectivity index (χ2v) is 4.44. The monoisotopic (exact) mass is 276 g/mol. The predicted molar refractivity (Wildman–Crippen MR) is 63.0 cm³/mol. The first-order valence-corrected chi connectivity index (χ1v) is 6.06. The molecule has 19 heavy (non-hydrogen) atoms. The van der Waals surface area contributed by atoms with Crippen LogP contribution in [0.5, 0.6) is 0 Å². The molecule has 1 aliphatic rings. The Morgan fingerprint density at radius 3 is 2.63 bits per heavy atom. The number of aromatic nitrogens is 1. The Labute approximate surface area is 108 Å². The highest BCUT2D eigenvalue weighted by Crippen LogP contribution is 2.30. The second kappa shape index (κ2) is 5.75. The quantitative estimate of drug-likeness (QED) is 0.904. The number of H-pyrrole nitrogens is 1. The number of halogens is 3. The average molecular weight is 276 g/mol. The highest BCUT2D eigenvalue weighted by atomic mass is 19.4. The lowest BCUT2D eigenvalue weighted by Crippen LogP contribution is -2.37. The maximum absolute atomic E-state index is 12.8. The Morgan fingerprint density at radius 1 is 1.32 bits per heavy atom. The first kappa shape index (κ1) is 14.1. The summed E-state index contributed by atoms with van der Waals surface area (Å²) in [6.45, 7) is 3.20. The van der Waals surface area contributed by atoms with Crippen LogP contribution in [-0.4, -0.2) is 42.7 Å². The van der Waals surface area contributed by atoms with Crippen molar-refractivity contribution in [2.75, 3.05) is 32.8 Å². The van der Waals surface area contributed by atoms with Crippen molar-refractivity contribution in [2.24, 2.45) is 0 Å². The lowest BCUT2D eigenvalue weighted by molar-refractivity contribution is -0.138. The van der Waals surface area contributed by atoms with Gasteiger partial charge in [-0.15, -0.1) is 0 Å². The summed E-state index contributed by atoms with van der Waals surface area (Å²) in [6.07, 6.45) is -3.08. The van der Waals surface area contributed by atoms with E-state index in [-0.39, 0.29) is 12.0 Å². The smallest absolute Gasteiger partial charge is 0.379 e. The lowest BCUT2D eigenvalue weighted by atomic mass is 10.1. The molecule has 0 saturated carbocycles. The van der Waals surface area contributed by atoms with Gasteiger partial charge in [0.25, 0.3) is 0 Å². The van der Waals surface area contributed by atoms with E-state index in [0.29, 0.717) is 25.8 Å². The van der Waals surface area contributed by atoms with Gasteiger partial charge >= 0.3 is 6.18 Å². The van der Waals surface area contributed by atoms with Crippen LogP contribution in [0.25, 0.3) is 0 Å². The fraction of sp³-hybridized carbons (Fsp3) is 0.583. The van der Waals surface area contributed by atoms with Crippen molar-refractivity contribution in [2.45, 2.75) is 12.6 Å². The Balaban J connectivity index is 2.09. The SMILES string of the molecule is O=c1cc(C(F)(F)F)c(CCN2CCOCC2)c[nH]1. The summed E-state index contributed by atoms with van der Waals surface area (Å²) in [5.41, 5.74) is -1.45. The third-order valence-electron chi connectivity index (χ3n) is 3.12. The molecule has 0 aromatic carbocycles. The van der Waals surface area contributed by atoms with Crippen LogP contribution in [-0.2, 0) is 17.3 Å². The van der Waals surface area contributed by atoms with E-state index in [1.165, 1.54) is 0 Å². The van der Waals surface area contributed by atoms with E-state index in [1.807, 2.05) is 0 Å². The summed E-state index contributed by atoms with van der Waals surface area (Å²) in [5, 5.41) is 0. The van der Waals surface area contributed by atoms with Crippen molar-refractivity contribution < 1.29 is 17.9 Å². The molecule has 1 aromatic heterocycles. The maximum Gasteiger partial charge on any atom is 0.416 e. The van der Waals surface area contributed by atoms with Gasteiger partial charge in [-0.1, -0.05) is 0 Å². The van der Waals surface area contributed by atoms with Crippen LogP contribution in [0.1, 0.15) is 11.1 Å². The van der Waals surface area contributed by atoms with Crippen molar-refractivity contribution in [1.29, 1.82) is 0 Å².